The monoisotopic (exact) mass is 472 g/mol. The third-order valence-corrected chi connectivity index (χ3v) is 6.75. The zero-order valence-electron chi connectivity index (χ0n) is 20.7. The van der Waals surface area contributed by atoms with Crippen molar-refractivity contribution < 1.29 is 9.59 Å². The molecule has 4 rings (SSSR count). The maximum Gasteiger partial charge on any atom is 0.243 e. The van der Waals surface area contributed by atoms with E-state index in [-0.39, 0.29) is 11.8 Å². The number of carbonyl (C=O) groups excluding carboxylic acids is 2. The molecule has 6 heteroatoms. The van der Waals surface area contributed by atoms with Gasteiger partial charge < -0.3 is 14.8 Å². The first kappa shape index (κ1) is 24.7. The molecule has 0 saturated carbocycles. The Labute approximate surface area is 208 Å². The van der Waals surface area contributed by atoms with E-state index in [9.17, 15) is 9.59 Å². The highest BCUT2D eigenvalue weighted by Crippen LogP contribution is 2.21. The van der Waals surface area contributed by atoms with Crippen LogP contribution in [0.2, 0.25) is 0 Å². The van der Waals surface area contributed by atoms with Crippen molar-refractivity contribution in [1.29, 1.82) is 0 Å². The van der Waals surface area contributed by atoms with E-state index in [2.05, 4.69) is 22.9 Å². The van der Waals surface area contributed by atoms with Crippen LogP contribution in [0.15, 0.2) is 60.7 Å². The van der Waals surface area contributed by atoms with Gasteiger partial charge in [0.25, 0.3) is 0 Å². The normalized spacial score (nSPS) is 16.1. The fourth-order valence-corrected chi connectivity index (χ4v) is 4.78. The van der Waals surface area contributed by atoms with E-state index in [4.69, 9.17) is 4.98 Å². The number of fused-ring (bicyclic) bond motifs is 1. The molecule has 35 heavy (non-hydrogen) atoms. The fraction of sp³-hybridized carbons (Fsp3) is 0.414. The van der Waals surface area contributed by atoms with Crippen molar-refractivity contribution >= 4 is 28.9 Å². The molecule has 1 aliphatic rings. The van der Waals surface area contributed by atoms with Crippen molar-refractivity contribution in [2.24, 2.45) is 0 Å². The largest absolute Gasteiger partial charge is 0.353 e. The number of amides is 2. The molecule has 2 amide bonds. The van der Waals surface area contributed by atoms with Gasteiger partial charge in [-0.15, -0.1) is 0 Å². The summed E-state index contributed by atoms with van der Waals surface area (Å²) in [6.45, 7) is 4.01. The lowest BCUT2D eigenvalue weighted by Gasteiger charge is -2.33. The average molecular weight is 473 g/mol. The van der Waals surface area contributed by atoms with Gasteiger partial charge in [-0.1, -0.05) is 48.9 Å². The summed E-state index contributed by atoms with van der Waals surface area (Å²) >= 11 is 0. The van der Waals surface area contributed by atoms with Crippen LogP contribution in [0, 0.1) is 0 Å². The van der Waals surface area contributed by atoms with Gasteiger partial charge in [-0.2, -0.15) is 0 Å². The summed E-state index contributed by atoms with van der Waals surface area (Å²) in [6.07, 6.45) is 10.5. The van der Waals surface area contributed by atoms with Gasteiger partial charge in [0.1, 0.15) is 12.4 Å². The summed E-state index contributed by atoms with van der Waals surface area (Å²) < 4.78 is 2.11. The summed E-state index contributed by atoms with van der Waals surface area (Å²) in [4.78, 5) is 32.0. The predicted octanol–water partition coefficient (Wildman–Crippen LogP) is 4.98. The zero-order chi connectivity index (χ0) is 24.5. The van der Waals surface area contributed by atoms with E-state index in [1.807, 2.05) is 59.5 Å². The molecule has 0 radical (unpaired) electrons. The Kier molecular flexibility index (Phi) is 8.71. The average Bonchev–Trinajstić information content (AvgIpc) is 3.22. The van der Waals surface area contributed by atoms with Gasteiger partial charge in [0.2, 0.25) is 11.8 Å². The Morgan fingerprint density at radius 3 is 2.66 bits per heavy atom. The van der Waals surface area contributed by atoms with Crippen molar-refractivity contribution in [2.45, 2.75) is 64.5 Å². The van der Waals surface area contributed by atoms with Crippen LogP contribution < -0.4 is 5.32 Å². The molecule has 0 bridgehead atoms. The van der Waals surface area contributed by atoms with E-state index in [1.54, 1.807) is 6.08 Å². The Balaban J connectivity index is 1.27. The van der Waals surface area contributed by atoms with Gasteiger partial charge in [-0.05, 0) is 62.8 Å². The number of piperidine rings is 1. The fourth-order valence-electron chi connectivity index (χ4n) is 4.78. The maximum atomic E-state index is 13.1. The third-order valence-electron chi connectivity index (χ3n) is 6.75. The van der Waals surface area contributed by atoms with Crippen LogP contribution in [-0.2, 0) is 22.6 Å². The summed E-state index contributed by atoms with van der Waals surface area (Å²) in [5, 5.41) is 2.95. The Bertz CT molecular complexity index is 1150. The lowest BCUT2D eigenvalue weighted by Crippen LogP contribution is -2.43. The first-order valence-corrected chi connectivity index (χ1v) is 12.9. The first-order chi connectivity index (χ1) is 17.1. The number of hydrogen-bond donors (Lipinski definition) is 1. The number of likely N-dealkylation sites (tertiary alicyclic amines) is 1. The van der Waals surface area contributed by atoms with E-state index < -0.39 is 0 Å². The van der Waals surface area contributed by atoms with E-state index in [0.29, 0.717) is 19.1 Å². The quantitative estimate of drug-likeness (QED) is 0.334. The number of nitrogens with zero attached hydrogens (tertiary/aromatic N) is 3. The molecule has 1 atom stereocenters. The maximum absolute atomic E-state index is 13.1. The number of benzene rings is 2. The Hall–Kier alpha value is -3.41. The molecule has 1 aromatic heterocycles. The molecule has 0 spiro atoms. The molecule has 0 aliphatic carbocycles. The van der Waals surface area contributed by atoms with Crippen LogP contribution >= 0.6 is 0 Å². The number of rotatable bonds is 10. The van der Waals surface area contributed by atoms with Crippen molar-refractivity contribution in [1.82, 2.24) is 19.8 Å². The highest BCUT2D eigenvalue weighted by molar-refractivity contribution is 5.91. The van der Waals surface area contributed by atoms with Gasteiger partial charge in [0.15, 0.2) is 0 Å². The van der Waals surface area contributed by atoms with Crippen LogP contribution in [0.1, 0.15) is 56.8 Å². The topological polar surface area (TPSA) is 67.2 Å². The number of aryl methyl sites for hydroxylation is 1. The minimum atomic E-state index is -0.0684. The van der Waals surface area contributed by atoms with E-state index in [1.165, 1.54) is 6.42 Å². The van der Waals surface area contributed by atoms with Gasteiger partial charge in [-0.3, -0.25) is 9.59 Å². The Morgan fingerprint density at radius 2 is 1.83 bits per heavy atom. The Morgan fingerprint density at radius 1 is 1.03 bits per heavy atom. The SMILES string of the molecule is CC1CCCCN1C(=O)Cn1c(CCCCCNC(=O)/C=C/c2ccccc2)nc2ccccc21. The van der Waals surface area contributed by atoms with Gasteiger partial charge in [0.05, 0.1) is 11.0 Å². The molecule has 6 nitrogen and oxygen atoms in total. The first-order valence-electron chi connectivity index (χ1n) is 12.9. The minimum absolute atomic E-state index is 0.0684. The molecule has 2 heterocycles. The molecular formula is C29H36N4O2. The van der Waals surface area contributed by atoms with Crippen LogP contribution in [0.4, 0.5) is 0 Å². The van der Waals surface area contributed by atoms with Crippen LogP contribution in [-0.4, -0.2) is 45.4 Å². The number of aromatic nitrogens is 2. The molecule has 1 fully saturated rings. The van der Waals surface area contributed by atoms with Gasteiger partial charge in [-0.25, -0.2) is 4.98 Å². The lowest BCUT2D eigenvalue weighted by atomic mass is 10.0. The summed E-state index contributed by atoms with van der Waals surface area (Å²) in [5.41, 5.74) is 2.98. The summed E-state index contributed by atoms with van der Waals surface area (Å²) in [6, 6.07) is 18.2. The lowest BCUT2D eigenvalue weighted by molar-refractivity contribution is -0.135. The molecule has 1 unspecified atom stereocenters. The summed E-state index contributed by atoms with van der Waals surface area (Å²) in [7, 11) is 0. The molecular weight excluding hydrogens is 436 g/mol. The van der Waals surface area contributed by atoms with Crippen LogP contribution in [0.3, 0.4) is 0 Å². The molecule has 184 valence electrons. The van der Waals surface area contributed by atoms with Gasteiger partial charge >= 0.3 is 0 Å². The number of nitrogens with one attached hydrogen (secondary N) is 1. The van der Waals surface area contributed by atoms with Crippen molar-refractivity contribution in [3.05, 3.63) is 72.1 Å². The second-order valence-corrected chi connectivity index (χ2v) is 9.38. The standard InChI is InChI=1S/C29H36N4O2/c1-23-12-9-11-21-32(23)29(35)22-33-26-16-8-7-15-25(26)31-27(33)17-6-3-10-20-30-28(34)19-18-24-13-4-2-5-14-24/h2,4-5,7-8,13-16,18-19,23H,3,6,9-12,17,20-22H2,1H3,(H,30,34)/b19-18+. The highest BCUT2D eigenvalue weighted by atomic mass is 16.2. The second kappa shape index (κ2) is 12.3. The zero-order valence-corrected chi connectivity index (χ0v) is 20.7. The van der Waals surface area contributed by atoms with Gasteiger partial charge in [0, 0.05) is 31.6 Å². The third kappa shape index (κ3) is 6.81. The van der Waals surface area contributed by atoms with E-state index in [0.717, 1.165) is 67.5 Å². The number of imidazole rings is 1. The van der Waals surface area contributed by atoms with Crippen molar-refractivity contribution in [3.63, 3.8) is 0 Å². The predicted molar refractivity (Wildman–Crippen MR) is 141 cm³/mol. The summed E-state index contributed by atoms with van der Waals surface area (Å²) in [5.74, 6) is 1.09. The molecule has 3 aromatic rings. The van der Waals surface area contributed by atoms with E-state index >= 15 is 0 Å². The molecule has 1 saturated heterocycles. The highest BCUT2D eigenvalue weighted by Gasteiger charge is 2.24. The molecule has 1 N–H and O–H groups in total. The van der Waals surface area contributed by atoms with Crippen molar-refractivity contribution in [2.75, 3.05) is 13.1 Å². The second-order valence-electron chi connectivity index (χ2n) is 9.38. The minimum Gasteiger partial charge on any atom is -0.353 e. The van der Waals surface area contributed by atoms with Crippen LogP contribution in [0.5, 0.6) is 0 Å². The number of para-hydroxylation sites is 2. The number of unbranched alkanes of at least 4 members (excludes halogenated alkanes) is 2. The molecule has 1 aliphatic heterocycles. The smallest absolute Gasteiger partial charge is 0.243 e. The number of carbonyl (C=O) groups is 2. The number of hydrogen-bond acceptors (Lipinski definition) is 3. The van der Waals surface area contributed by atoms with Crippen LogP contribution in [0.25, 0.3) is 17.1 Å². The van der Waals surface area contributed by atoms with Crippen molar-refractivity contribution in [3.8, 4) is 0 Å². The molecule has 2 aromatic carbocycles.